The van der Waals surface area contributed by atoms with Crippen molar-refractivity contribution in [2.45, 2.75) is 44.8 Å². The van der Waals surface area contributed by atoms with Crippen LogP contribution in [0.2, 0.25) is 0 Å². The molecule has 0 bridgehead atoms. The minimum atomic E-state index is -0.372. The van der Waals surface area contributed by atoms with Crippen molar-refractivity contribution in [3.63, 3.8) is 0 Å². The first-order chi connectivity index (χ1) is 6.57. The summed E-state index contributed by atoms with van der Waals surface area (Å²) in [5.41, 5.74) is 5.82. The molecule has 0 spiro atoms. The van der Waals surface area contributed by atoms with Gasteiger partial charge in [-0.2, -0.15) is 0 Å². The zero-order chi connectivity index (χ0) is 10.6. The molecule has 1 saturated carbocycles. The van der Waals surface area contributed by atoms with Crippen molar-refractivity contribution in [3.05, 3.63) is 0 Å². The van der Waals surface area contributed by atoms with Crippen molar-refractivity contribution in [1.29, 1.82) is 0 Å². The Bertz CT molecular complexity index is 202. The van der Waals surface area contributed by atoms with Gasteiger partial charge in [-0.1, -0.05) is 0 Å². The lowest BCUT2D eigenvalue weighted by atomic mass is 9.78. The molecule has 1 rings (SSSR count). The number of nitrogens with one attached hydrogen (secondary N) is 1. The Morgan fingerprint density at radius 3 is 2.71 bits per heavy atom. The molecular weight excluding hydrogens is 180 g/mol. The first-order valence-corrected chi connectivity index (χ1v) is 5.25. The molecule has 0 aromatic rings. The predicted molar refractivity (Wildman–Crippen MR) is 54.9 cm³/mol. The van der Waals surface area contributed by atoms with Gasteiger partial charge in [0.2, 0.25) is 5.91 Å². The van der Waals surface area contributed by atoms with Crippen LogP contribution in [0, 0.1) is 0 Å². The number of rotatable bonds is 5. The Balaban J connectivity index is 2.20. The van der Waals surface area contributed by atoms with E-state index in [0.717, 1.165) is 12.8 Å². The first kappa shape index (κ1) is 11.5. The highest BCUT2D eigenvalue weighted by Gasteiger charge is 2.32. The molecule has 1 aliphatic rings. The number of nitrogens with two attached hydrogens (primary N) is 1. The van der Waals surface area contributed by atoms with Crippen molar-refractivity contribution in [2.24, 2.45) is 5.73 Å². The number of hydrogen-bond acceptors (Lipinski definition) is 3. The van der Waals surface area contributed by atoms with E-state index < -0.39 is 0 Å². The standard InChI is InChI=1S/C10H20N2O2/c1-3-14-8(2)9(13)12-7-10(11)5-4-6-10/h8H,3-7,11H2,1-2H3,(H,12,13). The molecule has 14 heavy (non-hydrogen) atoms. The molecule has 1 fully saturated rings. The van der Waals surface area contributed by atoms with Gasteiger partial charge in [0, 0.05) is 18.7 Å². The lowest BCUT2D eigenvalue weighted by Gasteiger charge is -2.38. The van der Waals surface area contributed by atoms with Gasteiger partial charge in [-0.15, -0.1) is 0 Å². The first-order valence-electron chi connectivity index (χ1n) is 5.25. The maximum atomic E-state index is 11.4. The van der Waals surface area contributed by atoms with E-state index in [1.807, 2.05) is 6.92 Å². The Hall–Kier alpha value is -0.610. The molecule has 82 valence electrons. The van der Waals surface area contributed by atoms with E-state index in [0.29, 0.717) is 13.2 Å². The maximum Gasteiger partial charge on any atom is 0.248 e. The monoisotopic (exact) mass is 200 g/mol. The molecule has 0 heterocycles. The van der Waals surface area contributed by atoms with Crippen LogP contribution >= 0.6 is 0 Å². The normalized spacial score (nSPS) is 21.1. The number of carbonyl (C=O) groups is 1. The van der Waals surface area contributed by atoms with Gasteiger partial charge < -0.3 is 15.8 Å². The highest BCUT2D eigenvalue weighted by Crippen LogP contribution is 2.27. The molecule has 0 saturated heterocycles. The third kappa shape index (κ3) is 2.96. The Labute approximate surface area is 85.2 Å². The number of carbonyl (C=O) groups excluding carboxylic acids is 1. The van der Waals surface area contributed by atoms with Crippen LogP contribution in [0.5, 0.6) is 0 Å². The molecule has 1 atom stereocenters. The molecule has 1 amide bonds. The molecule has 3 N–H and O–H groups in total. The largest absolute Gasteiger partial charge is 0.369 e. The fourth-order valence-electron chi connectivity index (χ4n) is 1.54. The molecule has 4 heteroatoms. The van der Waals surface area contributed by atoms with Gasteiger partial charge in [-0.05, 0) is 33.1 Å². The predicted octanol–water partition coefficient (Wildman–Crippen LogP) is 0.409. The molecule has 0 aromatic carbocycles. The van der Waals surface area contributed by atoms with Gasteiger partial charge in [0.25, 0.3) is 0 Å². The van der Waals surface area contributed by atoms with Crippen LogP contribution in [0.4, 0.5) is 0 Å². The van der Waals surface area contributed by atoms with Crippen LogP contribution in [0.1, 0.15) is 33.1 Å². The average molecular weight is 200 g/mol. The van der Waals surface area contributed by atoms with Crippen LogP contribution in [0.15, 0.2) is 0 Å². The van der Waals surface area contributed by atoms with Gasteiger partial charge >= 0.3 is 0 Å². The van der Waals surface area contributed by atoms with Crippen LogP contribution in [-0.4, -0.2) is 30.7 Å². The molecule has 0 radical (unpaired) electrons. The minimum Gasteiger partial charge on any atom is -0.369 e. The maximum absolute atomic E-state index is 11.4. The number of amides is 1. The van der Waals surface area contributed by atoms with Gasteiger partial charge in [0.15, 0.2) is 0 Å². The van der Waals surface area contributed by atoms with Crippen molar-refractivity contribution >= 4 is 5.91 Å². The fourth-order valence-corrected chi connectivity index (χ4v) is 1.54. The summed E-state index contributed by atoms with van der Waals surface area (Å²) in [5.74, 6) is -0.0661. The second-order valence-corrected chi connectivity index (χ2v) is 4.03. The summed E-state index contributed by atoms with van der Waals surface area (Å²) in [6.45, 7) is 4.76. The quantitative estimate of drug-likeness (QED) is 0.675. The van der Waals surface area contributed by atoms with E-state index in [4.69, 9.17) is 10.5 Å². The summed E-state index contributed by atoms with van der Waals surface area (Å²) in [6.07, 6.45) is 2.82. The average Bonchev–Trinajstić information content (AvgIpc) is 2.11. The third-order valence-electron chi connectivity index (χ3n) is 2.75. The highest BCUT2D eigenvalue weighted by molar-refractivity contribution is 5.80. The minimum absolute atomic E-state index is 0.0661. The van der Waals surface area contributed by atoms with Crippen LogP contribution in [0.25, 0.3) is 0 Å². The Morgan fingerprint density at radius 2 is 2.29 bits per heavy atom. The molecule has 4 nitrogen and oxygen atoms in total. The summed E-state index contributed by atoms with van der Waals surface area (Å²) in [5, 5.41) is 2.82. The summed E-state index contributed by atoms with van der Waals surface area (Å²) in [7, 11) is 0. The Morgan fingerprint density at radius 1 is 1.64 bits per heavy atom. The van der Waals surface area contributed by atoms with Crippen molar-refractivity contribution in [2.75, 3.05) is 13.2 Å². The lowest BCUT2D eigenvalue weighted by molar-refractivity contribution is -0.131. The molecule has 1 unspecified atom stereocenters. The van der Waals surface area contributed by atoms with E-state index in [2.05, 4.69) is 5.32 Å². The zero-order valence-electron chi connectivity index (χ0n) is 9.01. The third-order valence-corrected chi connectivity index (χ3v) is 2.75. The summed E-state index contributed by atoms with van der Waals surface area (Å²) in [6, 6.07) is 0. The van der Waals surface area contributed by atoms with E-state index in [-0.39, 0.29) is 17.6 Å². The van der Waals surface area contributed by atoms with Crippen molar-refractivity contribution < 1.29 is 9.53 Å². The molecular formula is C10H20N2O2. The van der Waals surface area contributed by atoms with Gasteiger partial charge in [-0.25, -0.2) is 0 Å². The smallest absolute Gasteiger partial charge is 0.248 e. The molecule has 1 aliphatic carbocycles. The van der Waals surface area contributed by atoms with E-state index in [1.165, 1.54) is 6.42 Å². The number of hydrogen-bond donors (Lipinski definition) is 2. The topological polar surface area (TPSA) is 64.3 Å². The molecule has 0 aliphatic heterocycles. The summed E-state index contributed by atoms with van der Waals surface area (Å²) >= 11 is 0. The van der Waals surface area contributed by atoms with E-state index in [9.17, 15) is 4.79 Å². The van der Waals surface area contributed by atoms with Crippen molar-refractivity contribution in [1.82, 2.24) is 5.32 Å². The van der Waals surface area contributed by atoms with Crippen LogP contribution in [0.3, 0.4) is 0 Å². The fraction of sp³-hybridized carbons (Fsp3) is 0.900. The second-order valence-electron chi connectivity index (χ2n) is 4.03. The van der Waals surface area contributed by atoms with Crippen molar-refractivity contribution in [3.8, 4) is 0 Å². The van der Waals surface area contributed by atoms with Gasteiger partial charge in [0.1, 0.15) is 6.10 Å². The molecule has 0 aromatic heterocycles. The van der Waals surface area contributed by atoms with E-state index >= 15 is 0 Å². The van der Waals surface area contributed by atoms with Gasteiger partial charge in [0.05, 0.1) is 0 Å². The second kappa shape index (κ2) is 4.75. The lowest BCUT2D eigenvalue weighted by Crippen LogP contribution is -2.56. The van der Waals surface area contributed by atoms with E-state index in [1.54, 1.807) is 6.92 Å². The van der Waals surface area contributed by atoms with Crippen LogP contribution < -0.4 is 11.1 Å². The SMILES string of the molecule is CCOC(C)C(=O)NCC1(N)CCC1. The number of ether oxygens (including phenoxy) is 1. The van der Waals surface area contributed by atoms with Gasteiger partial charge in [-0.3, -0.25) is 4.79 Å². The highest BCUT2D eigenvalue weighted by atomic mass is 16.5. The zero-order valence-corrected chi connectivity index (χ0v) is 9.01. The summed E-state index contributed by atoms with van der Waals surface area (Å²) < 4.78 is 5.17. The summed E-state index contributed by atoms with van der Waals surface area (Å²) in [4.78, 5) is 11.4. The Kier molecular flexibility index (Phi) is 3.89. The van der Waals surface area contributed by atoms with Crippen LogP contribution in [-0.2, 0) is 9.53 Å².